The molecule has 0 spiro atoms. The van der Waals surface area contributed by atoms with Crippen LogP contribution in [0.2, 0.25) is 5.02 Å². The Morgan fingerprint density at radius 3 is 2.44 bits per heavy atom. The minimum absolute atomic E-state index is 0.0976. The summed E-state index contributed by atoms with van der Waals surface area (Å²) in [5.74, 6) is -2.75. The first kappa shape index (κ1) is 32.5. The highest BCUT2D eigenvalue weighted by molar-refractivity contribution is 6.31. The molecule has 1 unspecified atom stereocenters. The van der Waals surface area contributed by atoms with Gasteiger partial charge in [0.25, 0.3) is 5.91 Å². The van der Waals surface area contributed by atoms with Gasteiger partial charge in [0, 0.05) is 36.9 Å². The van der Waals surface area contributed by atoms with Crippen molar-refractivity contribution < 1.29 is 36.6 Å². The van der Waals surface area contributed by atoms with E-state index < -0.39 is 35.9 Å². The first-order valence-electron chi connectivity index (χ1n) is 13.7. The standard InChI is InChI=1S/C31H34ClF4N3O4/c1-30(2,38-11-12-41-3)20-15-25(18-5-9-24(33)23(32)13-18)39-26(16-20)22(31(34,35)36)17-37-29(40)19-6-10-27(28(14-19)42-4)43-21-7-8-21/h5-6,9-10,13-16,21-22,38H,7-8,11-12,17H2,1-4H3,(H,37,40). The number of benzene rings is 2. The second kappa shape index (κ2) is 13.5. The van der Waals surface area contributed by atoms with Crippen LogP contribution in [0.3, 0.4) is 0 Å². The molecule has 1 aromatic heterocycles. The smallest absolute Gasteiger partial charge is 0.398 e. The number of nitrogens with zero attached hydrogens (tertiary/aromatic N) is 1. The molecule has 4 rings (SSSR count). The van der Waals surface area contributed by atoms with Gasteiger partial charge in [0.1, 0.15) is 11.7 Å². The van der Waals surface area contributed by atoms with Gasteiger partial charge in [0.2, 0.25) is 0 Å². The number of alkyl halides is 3. The molecule has 0 saturated heterocycles. The normalized spacial score (nSPS) is 14.3. The van der Waals surface area contributed by atoms with Crippen LogP contribution in [0.5, 0.6) is 11.5 Å². The van der Waals surface area contributed by atoms with Gasteiger partial charge in [-0.15, -0.1) is 0 Å². The first-order chi connectivity index (χ1) is 20.3. The highest BCUT2D eigenvalue weighted by atomic mass is 35.5. The van der Waals surface area contributed by atoms with Crippen molar-refractivity contribution in [2.24, 2.45) is 0 Å². The summed E-state index contributed by atoms with van der Waals surface area (Å²) in [7, 11) is 2.97. The predicted octanol–water partition coefficient (Wildman–Crippen LogP) is 6.64. The summed E-state index contributed by atoms with van der Waals surface area (Å²) in [5, 5.41) is 5.49. The van der Waals surface area contributed by atoms with E-state index in [2.05, 4.69) is 15.6 Å². The van der Waals surface area contributed by atoms with E-state index in [4.69, 9.17) is 25.8 Å². The molecule has 0 aliphatic heterocycles. The number of amides is 1. The Hall–Kier alpha value is -3.41. The molecule has 1 saturated carbocycles. The summed E-state index contributed by atoms with van der Waals surface area (Å²) in [6, 6.07) is 11.3. The average Bonchev–Trinajstić information content (AvgIpc) is 3.78. The Kier molecular flexibility index (Phi) is 10.2. The maximum absolute atomic E-state index is 14.6. The van der Waals surface area contributed by atoms with Crippen LogP contribution in [-0.2, 0) is 10.3 Å². The summed E-state index contributed by atoms with van der Waals surface area (Å²) in [6.45, 7) is 3.68. The van der Waals surface area contributed by atoms with Gasteiger partial charge < -0.3 is 24.8 Å². The van der Waals surface area contributed by atoms with Crippen molar-refractivity contribution in [1.82, 2.24) is 15.6 Å². The molecule has 3 aromatic rings. The number of hydrogen-bond donors (Lipinski definition) is 2. The van der Waals surface area contributed by atoms with E-state index in [0.717, 1.165) is 18.9 Å². The molecule has 1 heterocycles. The molecular formula is C31H34ClF4N3O4. The third-order valence-corrected chi connectivity index (χ3v) is 7.41. The van der Waals surface area contributed by atoms with Crippen molar-refractivity contribution in [3.63, 3.8) is 0 Å². The quantitative estimate of drug-likeness (QED) is 0.164. The highest BCUT2D eigenvalue weighted by Crippen LogP contribution is 2.38. The summed E-state index contributed by atoms with van der Waals surface area (Å²) >= 11 is 5.98. The van der Waals surface area contributed by atoms with Crippen molar-refractivity contribution in [2.45, 2.75) is 50.4 Å². The molecular weight excluding hydrogens is 590 g/mol. The summed E-state index contributed by atoms with van der Waals surface area (Å²) in [6.07, 6.45) is -2.81. The topological polar surface area (TPSA) is 81.7 Å². The maximum atomic E-state index is 14.6. The molecule has 12 heteroatoms. The van der Waals surface area contributed by atoms with Gasteiger partial charge in [0.05, 0.1) is 36.2 Å². The lowest BCUT2D eigenvalue weighted by molar-refractivity contribution is -0.149. The fourth-order valence-electron chi connectivity index (χ4n) is 4.42. The van der Waals surface area contributed by atoms with Gasteiger partial charge in [0.15, 0.2) is 11.5 Å². The van der Waals surface area contributed by atoms with Gasteiger partial charge in [-0.2, -0.15) is 13.2 Å². The molecule has 232 valence electrons. The second-order valence-corrected chi connectivity index (χ2v) is 11.2. The molecule has 1 atom stereocenters. The number of nitrogens with one attached hydrogen (secondary N) is 2. The summed E-state index contributed by atoms with van der Waals surface area (Å²) < 4.78 is 73.7. The Bertz CT molecular complexity index is 1450. The largest absolute Gasteiger partial charge is 0.493 e. The van der Waals surface area contributed by atoms with Gasteiger partial charge in [-0.05, 0) is 80.8 Å². The lowest BCUT2D eigenvalue weighted by atomic mass is 9.90. The van der Waals surface area contributed by atoms with E-state index in [1.54, 1.807) is 19.2 Å². The number of pyridine rings is 1. The number of ether oxygens (including phenoxy) is 3. The van der Waals surface area contributed by atoms with Gasteiger partial charge >= 0.3 is 6.18 Å². The third kappa shape index (κ3) is 8.36. The van der Waals surface area contributed by atoms with Crippen LogP contribution in [-0.4, -0.2) is 57.1 Å². The molecule has 1 aliphatic rings. The van der Waals surface area contributed by atoms with Crippen molar-refractivity contribution in [2.75, 3.05) is 33.9 Å². The van der Waals surface area contributed by atoms with Crippen molar-refractivity contribution >= 4 is 17.5 Å². The fourth-order valence-corrected chi connectivity index (χ4v) is 4.60. The van der Waals surface area contributed by atoms with Gasteiger partial charge in [-0.3, -0.25) is 9.78 Å². The molecule has 0 bridgehead atoms. The van der Waals surface area contributed by atoms with Crippen molar-refractivity contribution in [3.05, 3.63) is 76.2 Å². The first-order valence-corrected chi connectivity index (χ1v) is 14.1. The number of carbonyl (C=O) groups excluding carboxylic acids is 1. The van der Waals surface area contributed by atoms with E-state index in [9.17, 15) is 22.4 Å². The SMILES string of the molecule is COCCNC(C)(C)c1cc(-c2ccc(F)c(Cl)c2)nc(C(CNC(=O)c2ccc(OC3CC3)c(OC)c2)C(F)(F)F)c1. The molecule has 43 heavy (non-hydrogen) atoms. The monoisotopic (exact) mass is 623 g/mol. The Morgan fingerprint density at radius 2 is 1.81 bits per heavy atom. The van der Waals surface area contributed by atoms with Crippen LogP contribution >= 0.6 is 11.6 Å². The minimum Gasteiger partial charge on any atom is -0.493 e. The van der Waals surface area contributed by atoms with Crippen molar-refractivity contribution in [1.29, 1.82) is 0 Å². The van der Waals surface area contributed by atoms with Crippen LogP contribution in [0, 0.1) is 5.82 Å². The zero-order valence-electron chi connectivity index (χ0n) is 24.3. The van der Waals surface area contributed by atoms with Crippen LogP contribution in [0.1, 0.15) is 54.2 Å². The molecule has 7 nitrogen and oxygen atoms in total. The maximum Gasteiger partial charge on any atom is 0.398 e. The number of hydrogen-bond acceptors (Lipinski definition) is 6. The zero-order chi connectivity index (χ0) is 31.4. The van der Waals surface area contributed by atoms with E-state index in [1.807, 2.05) is 13.8 Å². The summed E-state index contributed by atoms with van der Waals surface area (Å²) in [4.78, 5) is 17.3. The Labute approximate surface area is 252 Å². The summed E-state index contributed by atoms with van der Waals surface area (Å²) in [5.41, 5.74) is 0.0245. The van der Waals surface area contributed by atoms with Crippen LogP contribution in [0.4, 0.5) is 17.6 Å². The Morgan fingerprint density at radius 1 is 1.07 bits per heavy atom. The predicted molar refractivity (Wildman–Crippen MR) is 155 cm³/mol. The van der Waals surface area contributed by atoms with E-state index >= 15 is 0 Å². The molecule has 1 fully saturated rings. The van der Waals surface area contributed by atoms with E-state index in [0.29, 0.717) is 35.8 Å². The van der Waals surface area contributed by atoms with Crippen LogP contribution < -0.4 is 20.1 Å². The van der Waals surface area contributed by atoms with Crippen LogP contribution in [0.15, 0.2) is 48.5 Å². The van der Waals surface area contributed by atoms with E-state index in [1.165, 1.54) is 37.4 Å². The zero-order valence-corrected chi connectivity index (χ0v) is 25.0. The number of halogens is 5. The average molecular weight is 624 g/mol. The second-order valence-electron chi connectivity index (χ2n) is 10.8. The van der Waals surface area contributed by atoms with Crippen LogP contribution in [0.25, 0.3) is 11.3 Å². The lowest BCUT2D eigenvalue weighted by Gasteiger charge is -2.29. The van der Waals surface area contributed by atoms with E-state index in [-0.39, 0.29) is 28.1 Å². The number of carbonyl (C=O) groups is 1. The van der Waals surface area contributed by atoms with Gasteiger partial charge in [-0.1, -0.05) is 11.6 Å². The molecule has 1 amide bonds. The highest BCUT2D eigenvalue weighted by Gasteiger charge is 2.42. The lowest BCUT2D eigenvalue weighted by Crippen LogP contribution is -2.39. The number of rotatable bonds is 13. The van der Waals surface area contributed by atoms with Gasteiger partial charge in [-0.25, -0.2) is 4.39 Å². The molecule has 2 aromatic carbocycles. The van der Waals surface area contributed by atoms with Crippen molar-refractivity contribution in [3.8, 4) is 22.8 Å². The fraction of sp³-hybridized carbons (Fsp3) is 0.419. The number of methoxy groups -OCH3 is 2. The molecule has 1 aliphatic carbocycles. The third-order valence-electron chi connectivity index (χ3n) is 7.12. The molecule has 0 radical (unpaired) electrons. The Balaban J connectivity index is 1.66. The molecule has 2 N–H and O–H groups in total. The minimum atomic E-state index is -4.76. The number of aromatic nitrogens is 1.